The fraction of sp³-hybridized carbons (Fsp3) is 0.333. The standard InChI is InChI=1S/C15H14F4N4O3/c1-7(14(25)26)8(2)20-13(24)11-12(15(17,18)19)23(22-21-11)10-6-4-3-5-9(10)16/h3-8H,1-2H3,(H,20,24)(H,25,26). The Kier molecular flexibility index (Phi) is 5.28. The molecule has 1 heterocycles. The zero-order valence-electron chi connectivity index (χ0n) is 13.6. The van der Waals surface area contributed by atoms with Crippen LogP contribution in [0, 0.1) is 11.7 Å². The molecule has 140 valence electrons. The molecule has 2 rings (SSSR count). The number of carboxylic acid groups (broad SMARTS) is 1. The highest BCUT2D eigenvalue weighted by Gasteiger charge is 2.42. The van der Waals surface area contributed by atoms with Crippen molar-refractivity contribution in [3.8, 4) is 5.69 Å². The van der Waals surface area contributed by atoms with Gasteiger partial charge in [-0.25, -0.2) is 9.07 Å². The molecule has 11 heteroatoms. The largest absolute Gasteiger partial charge is 0.481 e. The number of carbonyl (C=O) groups is 2. The van der Waals surface area contributed by atoms with Crippen molar-refractivity contribution in [2.45, 2.75) is 26.1 Å². The number of amides is 1. The number of rotatable bonds is 5. The average molecular weight is 374 g/mol. The summed E-state index contributed by atoms with van der Waals surface area (Å²) in [6.45, 7) is 2.61. The Hall–Kier alpha value is -2.98. The Morgan fingerprint density at radius 3 is 2.38 bits per heavy atom. The summed E-state index contributed by atoms with van der Waals surface area (Å²) in [5.74, 6) is -4.53. The normalized spacial score (nSPS) is 13.9. The quantitative estimate of drug-likeness (QED) is 0.783. The summed E-state index contributed by atoms with van der Waals surface area (Å²) in [7, 11) is 0. The van der Waals surface area contributed by atoms with E-state index in [0.717, 1.165) is 12.1 Å². The number of hydrogen-bond donors (Lipinski definition) is 2. The van der Waals surface area contributed by atoms with E-state index in [4.69, 9.17) is 5.11 Å². The van der Waals surface area contributed by atoms with Crippen molar-refractivity contribution in [2.75, 3.05) is 0 Å². The molecule has 0 aliphatic heterocycles. The van der Waals surface area contributed by atoms with E-state index < -0.39 is 52.9 Å². The van der Waals surface area contributed by atoms with E-state index in [1.54, 1.807) is 0 Å². The first-order valence-corrected chi connectivity index (χ1v) is 7.35. The molecule has 2 N–H and O–H groups in total. The lowest BCUT2D eigenvalue weighted by Gasteiger charge is -2.17. The first-order chi connectivity index (χ1) is 12.0. The van der Waals surface area contributed by atoms with Gasteiger partial charge in [-0.1, -0.05) is 17.3 Å². The van der Waals surface area contributed by atoms with Gasteiger partial charge in [0, 0.05) is 6.04 Å². The molecule has 2 atom stereocenters. The third-order valence-electron chi connectivity index (χ3n) is 3.73. The summed E-state index contributed by atoms with van der Waals surface area (Å²) >= 11 is 0. The molecule has 0 saturated heterocycles. The van der Waals surface area contributed by atoms with Crippen LogP contribution in [0.5, 0.6) is 0 Å². The molecule has 7 nitrogen and oxygen atoms in total. The third kappa shape index (κ3) is 3.81. The Balaban J connectivity index is 2.46. The minimum absolute atomic E-state index is 0.190. The average Bonchev–Trinajstić information content (AvgIpc) is 2.99. The number of alkyl halides is 3. The van der Waals surface area contributed by atoms with Crippen LogP contribution in [0.4, 0.5) is 17.6 Å². The van der Waals surface area contributed by atoms with E-state index >= 15 is 0 Å². The molecule has 0 aliphatic rings. The van der Waals surface area contributed by atoms with Crippen LogP contribution in [0.1, 0.15) is 30.0 Å². The van der Waals surface area contributed by atoms with Crippen LogP contribution in [0.2, 0.25) is 0 Å². The van der Waals surface area contributed by atoms with E-state index in [9.17, 15) is 27.2 Å². The Morgan fingerprint density at radius 1 is 1.23 bits per heavy atom. The monoisotopic (exact) mass is 374 g/mol. The maximum Gasteiger partial charge on any atom is 0.435 e. The first-order valence-electron chi connectivity index (χ1n) is 7.35. The van der Waals surface area contributed by atoms with Gasteiger partial charge in [0.2, 0.25) is 0 Å². The SMILES string of the molecule is CC(NC(=O)c1nnn(-c2ccccc2F)c1C(F)(F)F)C(C)C(=O)O. The highest BCUT2D eigenvalue weighted by atomic mass is 19.4. The van der Waals surface area contributed by atoms with Crippen molar-refractivity contribution in [3.05, 3.63) is 41.5 Å². The maximum absolute atomic E-state index is 13.8. The van der Waals surface area contributed by atoms with Gasteiger partial charge in [-0.2, -0.15) is 13.2 Å². The smallest absolute Gasteiger partial charge is 0.435 e. The number of aromatic nitrogens is 3. The van der Waals surface area contributed by atoms with Crippen molar-refractivity contribution in [1.29, 1.82) is 0 Å². The highest BCUT2D eigenvalue weighted by Crippen LogP contribution is 2.33. The van der Waals surface area contributed by atoms with E-state index in [1.165, 1.54) is 26.0 Å². The van der Waals surface area contributed by atoms with Gasteiger partial charge >= 0.3 is 12.1 Å². The third-order valence-corrected chi connectivity index (χ3v) is 3.73. The van der Waals surface area contributed by atoms with Gasteiger partial charge in [0.15, 0.2) is 11.4 Å². The lowest BCUT2D eigenvalue weighted by Crippen LogP contribution is -2.40. The van der Waals surface area contributed by atoms with Crippen molar-refractivity contribution < 1.29 is 32.3 Å². The number of benzene rings is 1. The first kappa shape index (κ1) is 19.3. The van der Waals surface area contributed by atoms with E-state index in [-0.39, 0.29) is 4.68 Å². The van der Waals surface area contributed by atoms with Crippen LogP contribution in [0.15, 0.2) is 24.3 Å². The molecule has 2 unspecified atom stereocenters. The van der Waals surface area contributed by atoms with Crippen LogP contribution >= 0.6 is 0 Å². The van der Waals surface area contributed by atoms with Gasteiger partial charge in [-0.3, -0.25) is 9.59 Å². The molecule has 1 aromatic heterocycles. The van der Waals surface area contributed by atoms with E-state index in [0.29, 0.717) is 0 Å². The molecule has 0 saturated carbocycles. The zero-order valence-corrected chi connectivity index (χ0v) is 13.6. The molecule has 0 spiro atoms. The fourth-order valence-corrected chi connectivity index (χ4v) is 2.10. The molecule has 0 fully saturated rings. The number of aliphatic carboxylic acids is 1. The summed E-state index contributed by atoms with van der Waals surface area (Å²) in [4.78, 5) is 23.1. The van der Waals surface area contributed by atoms with E-state index in [2.05, 4.69) is 15.6 Å². The Morgan fingerprint density at radius 2 is 1.85 bits per heavy atom. The van der Waals surface area contributed by atoms with Gasteiger partial charge in [-0.05, 0) is 26.0 Å². The second kappa shape index (κ2) is 7.10. The molecule has 26 heavy (non-hydrogen) atoms. The zero-order chi connectivity index (χ0) is 19.6. The number of hydrogen-bond acceptors (Lipinski definition) is 4. The number of carboxylic acids is 1. The number of nitrogens with zero attached hydrogens (tertiary/aromatic N) is 3. The van der Waals surface area contributed by atoms with Crippen molar-refractivity contribution in [3.63, 3.8) is 0 Å². The van der Waals surface area contributed by atoms with Gasteiger partial charge < -0.3 is 10.4 Å². The molecule has 2 aromatic rings. The summed E-state index contributed by atoms with van der Waals surface area (Å²) in [6, 6.07) is 3.60. The Labute approximate surface area is 144 Å². The molecule has 1 aromatic carbocycles. The molecule has 0 radical (unpaired) electrons. The molecule has 0 bridgehead atoms. The number of carbonyl (C=O) groups excluding carboxylic acids is 1. The van der Waals surface area contributed by atoms with E-state index in [1.807, 2.05) is 0 Å². The summed E-state index contributed by atoms with van der Waals surface area (Å²) in [6.07, 6.45) is -5.06. The second-order valence-corrected chi connectivity index (χ2v) is 5.54. The second-order valence-electron chi connectivity index (χ2n) is 5.54. The van der Waals surface area contributed by atoms with Crippen molar-refractivity contribution in [1.82, 2.24) is 20.3 Å². The molecule has 0 aliphatic carbocycles. The van der Waals surface area contributed by atoms with Crippen molar-refractivity contribution in [2.24, 2.45) is 5.92 Å². The van der Waals surface area contributed by atoms with Gasteiger partial charge in [0.1, 0.15) is 11.5 Å². The van der Waals surface area contributed by atoms with Crippen LogP contribution in [0.3, 0.4) is 0 Å². The van der Waals surface area contributed by atoms with Crippen LogP contribution in [-0.4, -0.2) is 38.0 Å². The fourth-order valence-electron chi connectivity index (χ4n) is 2.10. The number of nitrogens with one attached hydrogen (secondary N) is 1. The lowest BCUT2D eigenvalue weighted by molar-refractivity contribution is -0.143. The summed E-state index contributed by atoms with van der Waals surface area (Å²) in [5.41, 5.74) is -3.17. The predicted molar refractivity (Wildman–Crippen MR) is 80.0 cm³/mol. The molecule has 1 amide bonds. The minimum atomic E-state index is -5.06. The van der Waals surface area contributed by atoms with Gasteiger partial charge in [0.05, 0.1) is 5.92 Å². The minimum Gasteiger partial charge on any atom is -0.481 e. The predicted octanol–water partition coefficient (Wildman–Crippen LogP) is 2.26. The van der Waals surface area contributed by atoms with Crippen LogP contribution < -0.4 is 5.32 Å². The number of para-hydroxylation sites is 1. The Bertz CT molecular complexity index is 835. The maximum atomic E-state index is 13.8. The lowest BCUT2D eigenvalue weighted by atomic mass is 10.0. The van der Waals surface area contributed by atoms with Crippen LogP contribution in [0.25, 0.3) is 5.69 Å². The highest BCUT2D eigenvalue weighted by molar-refractivity contribution is 5.94. The summed E-state index contributed by atoms with van der Waals surface area (Å²) in [5, 5.41) is 17.5. The van der Waals surface area contributed by atoms with Gasteiger partial charge in [0.25, 0.3) is 5.91 Å². The van der Waals surface area contributed by atoms with Crippen LogP contribution in [-0.2, 0) is 11.0 Å². The number of halogens is 4. The topological polar surface area (TPSA) is 97.1 Å². The van der Waals surface area contributed by atoms with Crippen molar-refractivity contribution >= 4 is 11.9 Å². The molecular formula is C15H14F4N4O3. The molecular weight excluding hydrogens is 360 g/mol. The summed E-state index contributed by atoms with van der Waals surface area (Å²) < 4.78 is 54.4. The van der Waals surface area contributed by atoms with Gasteiger partial charge in [-0.15, -0.1) is 5.10 Å².